The molecule has 3 rings (SSSR count). The molecule has 0 aliphatic heterocycles. The Labute approximate surface area is 152 Å². The molecule has 0 bridgehead atoms. The number of aryl methyl sites for hydroxylation is 3. The molecule has 24 heavy (non-hydrogen) atoms. The minimum Gasteiger partial charge on any atom is -0.311 e. The summed E-state index contributed by atoms with van der Waals surface area (Å²) in [6.45, 7) is 7.06. The number of halogens is 1. The van der Waals surface area contributed by atoms with Gasteiger partial charge in [0.15, 0.2) is 5.78 Å². The number of hydrogen-bond donors (Lipinski definition) is 1. The van der Waals surface area contributed by atoms with Gasteiger partial charge in [0.1, 0.15) is 0 Å². The lowest BCUT2D eigenvalue weighted by Crippen LogP contribution is -2.27. The van der Waals surface area contributed by atoms with Crippen LogP contribution in [0.1, 0.15) is 28.4 Å². The van der Waals surface area contributed by atoms with Gasteiger partial charge in [-0.15, -0.1) is 17.0 Å². The molecular weight excluding hydrogens is 366 g/mol. The number of nitrogens with one attached hydrogen (secondary N) is 1. The number of benzene rings is 2. The van der Waals surface area contributed by atoms with Gasteiger partial charge in [0.2, 0.25) is 5.62 Å². The lowest BCUT2D eigenvalue weighted by atomic mass is 10.1. The molecule has 0 radical (unpaired) electrons. The SMILES string of the molecule is Br.CCn1c(=N)n(CC(=O)c2ccccc2)c2cc(C)c(C)cc21. The monoisotopic (exact) mass is 387 g/mol. The molecule has 0 atom stereocenters. The number of fused-ring (bicyclic) bond motifs is 1. The number of ketones is 1. The fourth-order valence-corrected chi connectivity index (χ4v) is 2.93. The van der Waals surface area contributed by atoms with Crippen molar-refractivity contribution in [1.29, 1.82) is 5.41 Å². The molecule has 0 unspecified atom stereocenters. The van der Waals surface area contributed by atoms with Crippen molar-refractivity contribution < 1.29 is 4.79 Å². The molecule has 5 heteroatoms. The summed E-state index contributed by atoms with van der Waals surface area (Å²) in [6.07, 6.45) is 0. The summed E-state index contributed by atoms with van der Waals surface area (Å²) in [4.78, 5) is 12.5. The highest BCUT2D eigenvalue weighted by Crippen LogP contribution is 2.19. The van der Waals surface area contributed by atoms with E-state index in [1.807, 2.05) is 41.8 Å². The molecule has 126 valence electrons. The van der Waals surface area contributed by atoms with Gasteiger partial charge in [-0.2, -0.15) is 0 Å². The second-order valence-corrected chi connectivity index (χ2v) is 5.87. The van der Waals surface area contributed by atoms with Crippen LogP contribution in [0.15, 0.2) is 42.5 Å². The van der Waals surface area contributed by atoms with Gasteiger partial charge in [-0.25, -0.2) is 0 Å². The van der Waals surface area contributed by atoms with Crippen molar-refractivity contribution in [2.24, 2.45) is 0 Å². The average molecular weight is 388 g/mol. The van der Waals surface area contributed by atoms with Gasteiger partial charge in [-0.05, 0) is 44.0 Å². The summed E-state index contributed by atoms with van der Waals surface area (Å²) in [7, 11) is 0. The first-order chi connectivity index (χ1) is 11.0. The van der Waals surface area contributed by atoms with Gasteiger partial charge in [0.05, 0.1) is 17.6 Å². The maximum Gasteiger partial charge on any atom is 0.203 e. The summed E-state index contributed by atoms with van der Waals surface area (Å²) in [6, 6.07) is 13.4. The molecule has 1 N–H and O–H groups in total. The average Bonchev–Trinajstić information content (AvgIpc) is 2.80. The number of hydrogen-bond acceptors (Lipinski definition) is 2. The van der Waals surface area contributed by atoms with Crippen molar-refractivity contribution >= 4 is 33.8 Å². The molecule has 1 heterocycles. The van der Waals surface area contributed by atoms with Gasteiger partial charge < -0.3 is 9.13 Å². The number of Topliss-reactive ketones (excluding diaryl/α,β-unsaturated/α-hetero) is 1. The first-order valence-corrected chi connectivity index (χ1v) is 7.86. The zero-order valence-electron chi connectivity index (χ0n) is 14.2. The van der Waals surface area contributed by atoms with E-state index in [0.29, 0.717) is 17.7 Å². The van der Waals surface area contributed by atoms with Crippen molar-refractivity contribution in [3.8, 4) is 0 Å². The van der Waals surface area contributed by atoms with Crippen LogP contribution in [0.2, 0.25) is 0 Å². The van der Waals surface area contributed by atoms with E-state index in [1.54, 1.807) is 4.57 Å². The predicted molar refractivity (Wildman–Crippen MR) is 102 cm³/mol. The van der Waals surface area contributed by atoms with Gasteiger partial charge in [0, 0.05) is 12.1 Å². The number of carbonyl (C=O) groups is 1. The zero-order chi connectivity index (χ0) is 16.6. The van der Waals surface area contributed by atoms with Crippen molar-refractivity contribution in [1.82, 2.24) is 9.13 Å². The van der Waals surface area contributed by atoms with E-state index in [0.717, 1.165) is 11.0 Å². The Kier molecular flexibility index (Phi) is 5.44. The Morgan fingerprint density at radius 1 is 1.00 bits per heavy atom. The van der Waals surface area contributed by atoms with E-state index in [2.05, 4.69) is 26.0 Å². The van der Waals surface area contributed by atoms with Crippen LogP contribution in [0.3, 0.4) is 0 Å². The lowest BCUT2D eigenvalue weighted by Gasteiger charge is -2.06. The molecule has 4 nitrogen and oxygen atoms in total. The van der Waals surface area contributed by atoms with E-state index in [4.69, 9.17) is 5.41 Å². The molecule has 0 aliphatic rings. The summed E-state index contributed by atoms with van der Waals surface area (Å²) in [5.74, 6) is 0.0254. The van der Waals surface area contributed by atoms with Gasteiger partial charge >= 0.3 is 0 Å². The number of rotatable bonds is 4. The van der Waals surface area contributed by atoms with E-state index < -0.39 is 0 Å². The van der Waals surface area contributed by atoms with Crippen molar-refractivity contribution in [3.05, 3.63) is 64.8 Å². The molecule has 0 amide bonds. The minimum atomic E-state index is 0. The Hall–Kier alpha value is -2.14. The second kappa shape index (κ2) is 7.18. The molecule has 1 aromatic heterocycles. The third-order valence-corrected chi connectivity index (χ3v) is 4.40. The molecule has 2 aromatic carbocycles. The highest BCUT2D eigenvalue weighted by Gasteiger charge is 2.14. The van der Waals surface area contributed by atoms with Crippen LogP contribution >= 0.6 is 17.0 Å². The number of carbonyl (C=O) groups excluding carboxylic acids is 1. The van der Waals surface area contributed by atoms with Crippen molar-refractivity contribution in [3.63, 3.8) is 0 Å². The van der Waals surface area contributed by atoms with Gasteiger partial charge in [0.25, 0.3) is 0 Å². The van der Waals surface area contributed by atoms with Crippen LogP contribution in [0.5, 0.6) is 0 Å². The number of nitrogens with zero attached hydrogens (tertiary/aromatic N) is 2. The highest BCUT2D eigenvalue weighted by molar-refractivity contribution is 8.93. The highest BCUT2D eigenvalue weighted by atomic mass is 79.9. The molecular formula is C19H22BrN3O. The summed E-state index contributed by atoms with van der Waals surface area (Å²) >= 11 is 0. The molecule has 0 spiro atoms. The van der Waals surface area contributed by atoms with Crippen LogP contribution in [0.25, 0.3) is 11.0 Å². The molecule has 0 fully saturated rings. The predicted octanol–water partition coefficient (Wildman–Crippen LogP) is 4.02. The van der Waals surface area contributed by atoms with Crippen molar-refractivity contribution in [2.45, 2.75) is 33.9 Å². The largest absolute Gasteiger partial charge is 0.311 e. The maximum absolute atomic E-state index is 12.5. The van der Waals surface area contributed by atoms with Crippen LogP contribution in [-0.4, -0.2) is 14.9 Å². The summed E-state index contributed by atoms with van der Waals surface area (Å²) in [5.41, 5.74) is 5.39. The zero-order valence-corrected chi connectivity index (χ0v) is 15.9. The van der Waals surface area contributed by atoms with Gasteiger partial charge in [-0.3, -0.25) is 10.2 Å². The number of aromatic nitrogens is 2. The van der Waals surface area contributed by atoms with Gasteiger partial charge in [-0.1, -0.05) is 30.3 Å². The molecule has 0 aliphatic carbocycles. The normalized spacial score (nSPS) is 10.6. The third kappa shape index (κ3) is 3.08. The topological polar surface area (TPSA) is 50.8 Å². The fraction of sp³-hybridized carbons (Fsp3) is 0.263. The maximum atomic E-state index is 12.5. The van der Waals surface area contributed by atoms with Crippen LogP contribution in [0, 0.1) is 19.3 Å². The molecule has 0 saturated carbocycles. The third-order valence-electron chi connectivity index (χ3n) is 4.40. The lowest BCUT2D eigenvalue weighted by molar-refractivity contribution is 0.0971. The summed E-state index contributed by atoms with van der Waals surface area (Å²) < 4.78 is 3.75. The van der Waals surface area contributed by atoms with E-state index in [-0.39, 0.29) is 29.3 Å². The smallest absolute Gasteiger partial charge is 0.203 e. The standard InChI is InChI=1S/C19H21N3O.BrH/c1-4-21-16-10-13(2)14(3)11-17(16)22(19(21)20)12-18(23)15-8-6-5-7-9-15;/h5-11,20H,4,12H2,1-3H3;1H. The Morgan fingerprint density at radius 2 is 1.54 bits per heavy atom. The van der Waals surface area contributed by atoms with E-state index >= 15 is 0 Å². The Balaban J connectivity index is 0.00000208. The fourth-order valence-electron chi connectivity index (χ4n) is 2.93. The van der Waals surface area contributed by atoms with Crippen LogP contribution in [-0.2, 0) is 13.1 Å². The van der Waals surface area contributed by atoms with Crippen molar-refractivity contribution in [2.75, 3.05) is 0 Å². The number of imidazole rings is 1. The first kappa shape index (κ1) is 18.2. The Morgan fingerprint density at radius 3 is 2.08 bits per heavy atom. The minimum absolute atomic E-state index is 0. The van der Waals surface area contributed by atoms with Crippen LogP contribution in [0.4, 0.5) is 0 Å². The van der Waals surface area contributed by atoms with E-state index in [9.17, 15) is 4.79 Å². The first-order valence-electron chi connectivity index (χ1n) is 7.86. The Bertz CT molecular complexity index is 939. The second-order valence-electron chi connectivity index (χ2n) is 5.87. The molecule has 3 aromatic rings. The molecule has 0 saturated heterocycles. The van der Waals surface area contributed by atoms with E-state index in [1.165, 1.54) is 11.1 Å². The van der Waals surface area contributed by atoms with Crippen LogP contribution < -0.4 is 5.62 Å². The quantitative estimate of drug-likeness (QED) is 0.675. The summed E-state index contributed by atoms with van der Waals surface area (Å²) in [5, 5.41) is 8.45.